The minimum Gasteiger partial charge on any atom is -0.352 e. The zero-order valence-electron chi connectivity index (χ0n) is 10.3. The molecule has 0 saturated heterocycles. The lowest BCUT2D eigenvalue weighted by Gasteiger charge is -2.18. The number of thioether (sulfide) groups is 1. The molecule has 0 aromatic carbocycles. The molecule has 0 spiro atoms. The Morgan fingerprint density at radius 1 is 1.50 bits per heavy atom. The van der Waals surface area contributed by atoms with E-state index < -0.39 is 0 Å². The second-order valence-electron chi connectivity index (χ2n) is 4.74. The number of carbonyl (C=O) groups is 1. The maximum Gasteiger partial charge on any atom is 0.234 e. The lowest BCUT2D eigenvalue weighted by atomic mass is 10.1. The van der Waals surface area contributed by atoms with Crippen LogP contribution in [-0.4, -0.2) is 27.8 Å². The van der Waals surface area contributed by atoms with E-state index in [0.29, 0.717) is 12.0 Å². The number of rotatable bonds is 5. The van der Waals surface area contributed by atoms with E-state index >= 15 is 0 Å². The molecule has 2 nitrogen and oxygen atoms in total. The number of halogens is 1. The van der Waals surface area contributed by atoms with E-state index in [1.165, 1.54) is 12.2 Å². The first-order chi connectivity index (χ1) is 7.54. The van der Waals surface area contributed by atoms with Gasteiger partial charge in [-0.2, -0.15) is 11.8 Å². The van der Waals surface area contributed by atoms with Crippen LogP contribution in [0.4, 0.5) is 0 Å². The molecule has 0 heterocycles. The van der Waals surface area contributed by atoms with Gasteiger partial charge in [-0.05, 0) is 30.9 Å². The van der Waals surface area contributed by atoms with Crippen LogP contribution in [0.1, 0.15) is 40.0 Å². The number of hydrogen-bond donors (Lipinski definition) is 1. The molecule has 0 aliphatic heterocycles. The Labute approximate surface area is 111 Å². The van der Waals surface area contributed by atoms with Gasteiger partial charge in [-0.25, -0.2) is 0 Å². The van der Waals surface area contributed by atoms with Gasteiger partial charge in [0, 0.05) is 11.3 Å². The summed E-state index contributed by atoms with van der Waals surface area (Å²) in [5.41, 5.74) is 0. The Morgan fingerprint density at radius 3 is 2.75 bits per heavy atom. The van der Waals surface area contributed by atoms with Gasteiger partial charge in [0.25, 0.3) is 0 Å². The van der Waals surface area contributed by atoms with Crippen molar-refractivity contribution in [3.63, 3.8) is 0 Å². The van der Waals surface area contributed by atoms with E-state index in [0.717, 1.165) is 18.1 Å². The van der Waals surface area contributed by atoms with E-state index in [4.69, 9.17) is 0 Å². The second-order valence-corrected chi connectivity index (χ2v) is 7.31. The van der Waals surface area contributed by atoms with Crippen molar-refractivity contribution in [1.29, 1.82) is 0 Å². The molecule has 0 bridgehead atoms. The van der Waals surface area contributed by atoms with Crippen molar-refractivity contribution in [2.75, 3.05) is 5.75 Å². The van der Waals surface area contributed by atoms with Gasteiger partial charge in [-0.3, -0.25) is 4.79 Å². The van der Waals surface area contributed by atoms with E-state index in [1.807, 2.05) is 11.8 Å². The van der Waals surface area contributed by atoms with Crippen LogP contribution in [0.25, 0.3) is 0 Å². The van der Waals surface area contributed by atoms with Gasteiger partial charge in [0.15, 0.2) is 0 Å². The van der Waals surface area contributed by atoms with Gasteiger partial charge in [0.05, 0.1) is 4.83 Å². The maximum absolute atomic E-state index is 11.8. The van der Waals surface area contributed by atoms with Crippen LogP contribution in [-0.2, 0) is 4.79 Å². The van der Waals surface area contributed by atoms with Crippen LogP contribution in [0.3, 0.4) is 0 Å². The SMILES string of the molecule is CCSC1CCC(NC(=O)C(Br)C(C)C)C1. The van der Waals surface area contributed by atoms with Crippen LogP contribution < -0.4 is 5.32 Å². The molecular formula is C12H22BrNOS. The molecule has 1 saturated carbocycles. The van der Waals surface area contributed by atoms with Crippen molar-refractivity contribution < 1.29 is 4.79 Å². The highest BCUT2D eigenvalue weighted by Crippen LogP contribution is 2.30. The number of amides is 1. The number of nitrogens with one attached hydrogen (secondary N) is 1. The highest BCUT2D eigenvalue weighted by atomic mass is 79.9. The fourth-order valence-electron chi connectivity index (χ4n) is 2.04. The lowest BCUT2D eigenvalue weighted by molar-refractivity contribution is -0.121. The average molecular weight is 308 g/mol. The highest BCUT2D eigenvalue weighted by molar-refractivity contribution is 9.10. The van der Waals surface area contributed by atoms with Crippen LogP contribution in [0.2, 0.25) is 0 Å². The Balaban J connectivity index is 2.31. The molecule has 0 radical (unpaired) electrons. The molecule has 16 heavy (non-hydrogen) atoms. The largest absolute Gasteiger partial charge is 0.352 e. The molecule has 3 atom stereocenters. The van der Waals surface area contributed by atoms with Gasteiger partial charge in [0.2, 0.25) is 5.91 Å². The molecule has 1 N–H and O–H groups in total. The molecular weight excluding hydrogens is 286 g/mol. The molecule has 3 unspecified atom stereocenters. The van der Waals surface area contributed by atoms with Crippen molar-refractivity contribution >= 4 is 33.6 Å². The zero-order chi connectivity index (χ0) is 12.1. The Hall–Kier alpha value is 0.300. The Kier molecular flexibility index (Phi) is 6.19. The van der Waals surface area contributed by atoms with E-state index in [1.54, 1.807) is 0 Å². The van der Waals surface area contributed by atoms with Gasteiger partial charge >= 0.3 is 0 Å². The molecule has 0 aromatic rings. The number of alkyl halides is 1. The molecule has 4 heteroatoms. The molecule has 94 valence electrons. The first kappa shape index (κ1) is 14.4. The second kappa shape index (κ2) is 6.90. The summed E-state index contributed by atoms with van der Waals surface area (Å²) in [4.78, 5) is 11.8. The standard InChI is InChI=1S/C12H22BrNOS/c1-4-16-10-6-5-9(7-10)14-12(15)11(13)8(2)3/h8-11H,4-7H2,1-3H3,(H,14,15). The van der Waals surface area contributed by atoms with E-state index in [-0.39, 0.29) is 10.7 Å². The fourth-order valence-corrected chi connectivity index (χ4v) is 3.32. The Bertz CT molecular complexity index is 235. The minimum atomic E-state index is -0.0506. The van der Waals surface area contributed by atoms with Crippen molar-refractivity contribution in [1.82, 2.24) is 5.32 Å². The first-order valence-corrected chi connectivity index (χ1v) is 8.07. The Morgan fingerprint density at radius 2 is 2.19 bits per heavy atom. The average Bonchev–Trinajstić information content (AvgIpc) is 2.65. The number of carbonyl (C=O) groups excluding carboxylic acids is 1. The summed E-state index contributed by atoms with van der Waals surface area (Å²) in [5.74, 6) is 1.68. The van der Waals surface area contributed by atoms with Gasteiger partial charge in [0.1, 0.15) is 0 Å². The normalized spacial score (nSPS) is 27.1. The van der Waals surface area contributed by atoms with Crippen LogP contribution >= 0.6 is 27.7 Å². The molecule has 1 fully saturated rings. The molecule has 1 aliphatic rings. The summed E-state index contributed by atoms with van der Waals surface area (Å²) in [5, 5.41) is 3.90. The zero-order valence-corrected chi connectivity index (χ0v) is 12.7. The summed E-state index contributed by atoms with van der Waals surface area (Å²) >= 11 is 5.46. The quantitative estimate of drug-likeness (QED) is 0.790. The summed E-state index contributed by atoms with van der Waals surface area (Å²) < 4.78 is 0. The maximum atomic E-state index is 11.8. The van der Waals surface area contributed by atoms with Crippen LogP contribution in [0.15, 0.2) is 0 Å². The van der Waals surface area contributed by atoms with Crippen molar-refractivity contribution in [3.05, 3.63) is 0 Å². The van der Waals surface area contributed by atoms with E-state index in [9.17, 15) is 4.79 Å². The first-order valence-electron chi connectivity index (χ1n) is 6.10. The van der Waals surface area contributed by atoms with Crippen molar-refractivity contribution in [2.24, 2.45) is 5.92 Å². The summed E-state index contributed by atoms with van der Waals surface area (Å²) in [6.07, 6.45) is 3.53. The summed E-state index contributed by atoms with van der Waals surface area (Å²) in [6, 6.07) is 0.398. The van der Waals surface area contributed by atoms with Gasteiger partial charge in [-0.15, -0.1) is 0 Å². The van der Waals surface area contributed by atoms with Crippen molar-refractivity contribution in [2.45, 2.75) is 56.2 Å². The van der Waals surface area contributed by atoms with Crippen LogP contribution in [0.5, 0.6) is 0 Å². The number of hydrogen-bond acceptors (Lipinski definition) is 2. The monoisotopic (exact) mass is 307 g/mol. The lowest BCUT2D eigenvalue weighted by Crippen LogP contribution is -2.39. The summed E-state index contributed by atoms with van der Waals surface area (Å²) in [6.45, 7) is 6.32. The van der Waals surface area contributed by atoms with E-state index in [2.05, 4.69) is 42.0 Å². The van der Waals surface area contributed by atoms with Gasteiger partial charge < -0.3 is 5.32 Å². The minimum absolute atomic E-state index is 0.0506. The smallest absolute Gasteiger partial charge is 0.234 e. The third-order valence-electron chi connectivity index (χ3n) is 2.97. The molecule has 0 aromatic heterocycles. The van der Waals surface area contributed by atoms with Gasteiger partial charge in [-0.1, -0.05) is 36.7 Å². The third kappa shape index (κ3) is 4.28. The van der Waals surface area contributed by atoms with Crippen molar-refractivity contribution in [3.8, 4) is 0 Å². The summed E-state index contributed by atoms with van der Waals surface area (Å²) in [7, 11) is 0. The highest BCUT2D eigenvalue weighted by Gasteiger charge is 2.28. The molecule has 1 aliphatic carbocycles. The predicted molar refractivity (Wildman–Crippen MR) is 75.3 cm³/mol. The fraction of sp³-hybridized carbons (Fsp3) is 0.917. The topological polar surface area (TPSA) is 29.1 Å². The molecule has 1 rings (SSSR count). The third-order valence-corrected chi connectivity index (χ3v) is 5.68. The molecule has 1 amide bonds. The van der Waals surface area contributed by atoms with Crippen LogP contribution in [0, 0.1) is 5.92 Å². The predicted octanol–water partition coefficient (Wildman–Crippen LogP) is 3.20.